The number of allylic oxidation sites excluding steroid dienone is 1. The first-order valence-electron chi connectivity index (χ1n) is 11.7. The lowest BCUT2D eigenvalue weighted by atomic mass is 9.61. The Labute approximate surface area is 189 Å². The predicted molar refractivity (Wildman–Crippen MR) is 125 cm³/mol. The summed E-state index contributed by atoms with van der Waals surface area (Å²) in [5.74, 6) is 0.676. The molecule has 3 unspecified atom stereocenters. The van der Waals surface area contributed by atoms with Gasteiger partial charge in [-0.3, -0.25) is 4.79 Å². The molecule has 0 aromatic carbocycles. The van der Waals surface area contributed by atoms with E-state index >= 15 is 0 Å². The third-order valence-electron chi connectivity index (χ3n) is 8.25. The van der Waals surface area contributed by atoms with E-state index in [4.69, 9.17) is 18.6 Å². The summed E-state index contributed by atoms with van der Waals surface area (Å²) in [7, 11) is -0.336. The van der Waals surface area contributed by atoms with Crippen LogP contribution in [0.5, 0.6) is 0 Å². The summed E-state index contributed by atoms with van der Waals surface area (Å²) in [5.41, 5.74) is 1.11. The van der Waals surface area contributed by atoms with E-state index in [0.717, 1.165) is 12.8 Å². The summed E-state index contributed by atoms with van der Waals surface area (Å²) in [6.07, 6.45) is 8.15. The van der Waals surface area contributed by atoms with Gasteiger partial charge in [0.25, 0.3) is 0 Å². The van der Waals surface area contributed by atoms with Gasteiger partial charge in [-0.25, -0.2) is 0 Å². The zero-order chi connectivity index (χ0) is 23.0. The molecule has 3 aliphatic rings. The summed E-state index contributed by atoms with van der Waals surface area (Å²) in [4.78, 5) is 13.0. The Morgan fingerprint density at radius 3 is 2.55 bits per heavy atom. The monoisotopic (exact) mass is 450 g/mol. The third kappa shape index (κ3) is 4.65. The number of carbonyl (C=O) groups is 1. The summed E-state index contributed by atoms with van der Waals surface area (Å²) in [6, 6.07) is 0. The Hall–Kier alpha value is -0.793. The summed E-state index contributed by atoms with van der Waals surface area (Å²) >= 11 is 0. The van der Waals surface area contributed by atoms with Crippen molar-refractivity contribution in [3.8, 4) is 0 Å². The first kappa shape index (κ1) is 24.8. The number of hydrogen-bond acceptors (Lipinski definition) is 5. The molecule has 0 aliphatic heterocycles. The van der Waals surface area contributed by atoms with Crippen LogP contribution in [-0.2, 0) is 23.4 Å². The highest BCUT2D eigenvalue weighted by atomic mass is 28.4. The number of carbonyl (C=O) groups excluding carboxylic acids is 1. The van der Waals surface area contributed by atoms with Gasteiger partial charge in [-0.1, -0.05) is 52.3 Å². The fourth-order valence-corrected chi connectivity index (χ4v) is 6.68. The van der Waals surface area contributed by atoms with Gasteiger partial charge >= 0.3 is 0 Å². The van der Waals surface area contributed by atoms with E-state index < -0.39 is 8.32 Å². The molecule has 0 heterocycles. The van der Waals surface area contributed by atoms with Crippen molar-refractivity contribution in [3.63, 3.8) is 0 Å². The average Bonchev–Trinajstić information content (AvgIpc) is 2.92. The van der Waals surface area contributed by atoms with Crippen molar-refractivity contribution in [1.29, 1.82) is 0 Å². The van der Waals surface area contributed by atoms with E-state index in [1.807, 2.05) is 6.08 Å². The van der Waals surface area contributed by atoms with E-state index in [-0.39, 0.29) is 53.0 Å². The van der Waals surface area contributed by atoms with Crippen molar-refractivity contribution in [1.82, 2.24) is 0 Å². The average molecular weight is 451 g/mol. The van der Waals surface area contributed by atoms with Crippen LogP contribution in [0.2, 0.25) is 18.1 Å². The molecule has 0 amide bonds. The summed E-state index contributed by atoms with van der Waals surface area (Å²) in [5, 5.41) is 0.127. The third-order valence-corrected chi connectivity index (χ3v) is 12.7. The minimum Gasteiger partial charge on any atom is -0.412 e. The number of methoxy groups -OCH3 is 1. The van der Waals surface area contributed by atoms with Gasteiger partial charge in [-0.05, 0) is 43.0 Å². The van der Waals surface area contributed by atoms with E-state index in [1.54, 1.807) is 7.11 Å². The molecule has 31 heavy (non-hydrogen) atoms. The number of rotatable bonds is 8. The fraction of sp³-hybridized carbons (Fsp3) is 0.800. The maximum atomic E-state index is 13.0. The van der Waals surface area contributed by atoms with Crippen LogP contribution < -0.4 is 0 Å². The first-order chi connectivity index (χ1) is 14.4. The molecule has 1 spiro atoms. The first-order valence-corrected chi connectivity index (χ1v) is 14.6. The molecule has 2 bridgehead atoms. The Kier molecular flexibility index (Phi) is 7.39. The second kappa shape index (κ2) is 9.22. The number of ether oxygens (including phenoxy) is 3. The zero-order valence-electron chi connectivity index (χ0n) is 20.7. The van der Waals surface area contributed by atoms with E-state index in [1.165, 1.54) is 5.57 Å². The Morgan fingerprint density at radius 1 is 1.19 bits per heavy atom. The lowest BCUT2D eigenvalue weighted by Gasteiger charge is -2.50. The Bertz CT molecular complexity index is 722. The van der Waals surface area contributed by atoms with E-state index in [0.29, 0.717) is 13.2 Å². The number of fused-ring (bicyclic) bond motifs is 1. The number of hydrogen-bond donors (Lipinski definition) is 0. The van der Waals surface area contributed by atoms with Gasteiger partial charge in [0.15, 0.2) is 14.1 Å². The molecule has 5 nitrogen and oxygen atoms in total. The normalized spacial score (nSPS) is 35.7. The molecule has 6 heteroatoms. The van der Waals surface area contributed by atoms with E-state index in [9.17, 15) is 4.79 Å². The van der Waals surface area contributed by atoms with Crippen molar-refractivity contribution >= 4 is 14.1 Å². The van der Waals surface area contributed by atoms with Crippen molar-refractivity contribution in [2.24, 2.45) is 23.2 Å². The van der Waals surface area contributed by atoms with Gasteiger partial charge in [0.2, 0.25) is 0 Å². The lowest BCUT2D eigenvalue weighted by Crippen LogP contribution is -2.53. The molecule has 176 valence electrons. The largest absolute Gasteiger partial charge is 0.412 e. The smallest absolute Gasteiger partial charge is 0.192 e. The molecule has 0 radical (unpaired) electrons. The van der Waals surface area contributed by atoms with Gasteiger partial charge < -0.3 is 18.6 Å². The van der Waals surface area contributed by atoms with Crippen LogP contribution in [0.1, 0.15) is 47.5 Å². The highest BCUT2D eigenvalue weighted by molar-refractivity contribution is 6.74. The highest BCUT2D eigenvalue weighted by Crippen LogP contribution is 2.61. The lowest BCUT2D eigenvalue weighted by molar-refractivity contribution is -0.127. The van der Waals surface area contributed by atoms with Crippen molar-refractivity contribution < 1.29 is 23.4 Å². The van der Waals surface area contributed by atoms with Crippen LogP contribution in [0.15, 0.2) is 23.8 Å². The molecule has 1 fully saturated rings. The molecule has 1 saturated carbocycles. The molecular formula is C25H42O5Si. The van der Waals surface area contributed by atoms with Gasteiger partial charge in [0.05, 0.1) is 25.4 Å². The van der Waals surface area contributed by atoms with Crippen LogP contribution in [0.25, 0.3) is 0 Å². The standard InChI is InChI=1S/C25H42O5Si/c1-17-15-25-18(2)21(26)10-9-19(23(25)30-31(7,8)24(3,4)5)13-20(25)14-22(17)29-16-28-12-11-27-6/h9-10,14,17-19,22-23H,11-13,15-16H2,1-8H3/t17-,18-,19?,22-,23?,25?/m1/s1. The molecule has 3 rings (SSSR count). The second-order valence-electron chi connectivity index (χ2n) is 11.2. The van der Waals surface area contributed by atoms with Crippen LogP contribution in [-0.4, -0.2) is 53.4 Å². The van der Waals surface area contributed by atoms with E-state index in [2.05, 4.69) is 59.9 Å². The van der Waals surface area contributed by atoms with Gasteiger partial charge in [-0.15, -0.1) is 0 Å². The fourth-order valence-electron chi connectivity index (χ4n) is 5.31. The van der Waals surface area contributed by atoms with Crippen molar-refractivity contribution in [3.05, 3.63) is 23.8 Å². The quantitative estimate of drug-likeness (QED) is 0.222. The topological polar surface area (TPSA) is 54.0 Å². The maximum absolute atomic E-state index is 13.0. The molecule has 3 aliphatic carbocycles. The molecule has 0 N–H and O–H groups in total. The van der Waals surface area contributed by atoms with Crippen LogP contribution in [0.4, 0.5) is 0 Å². The van der Waals surface area contributed by atoms with Crippen LogP contribution in [0, 0.1) is 23.2 Å². The second-order valence-corrected chi connectivity index (χ2v) is 16.0. The summed E-state index contributed by atoms with van der Waals surface area (Å²) in [6.45, 7) is 17.2. The van der Waals surface area contributed by atoms with Gasteiger partial charge in [-0.2, -0.15) is 0 Å². The minimum absolute atomic E-state index is 0.00338. The Balaban J connectivity index is 1.90. The SMILES string of the molecule is COCCOCO[C@@H]1C=C2CC3C=CC(=O)[C@@H](C)C2(C[C@H]1C)C3O[Si](C)(C)C(C)(C)C. The zero-order valence-corrected chi connectivity index (χ0v) is 21.7. The maximum Gasteiger partial charge on any atom is 0.192 e. The van der Waals surface area contributed by atoms with Crippen LogP contribution >= 0.6 is 0 Å². The summed E-state index contributed by atoms with van der Waals surface area (Å²) < 4.78 is 23.8. The molecule has 0 aromatic rings. The number of ketones is 1. The predicted octanol–water partition coefficient (Wildman–Crippen LogP) is 5.13. The highest BCUT2D eigenvalue weighted by Gasteiger charge is 2.61. The van der Waals surface area contributed by atoms with Crippen molar-refractivity contribution in [2.45, 2.75) is 77.8 Å². The minimum atomic E-state index is -2.00. The van der Waals surface area contributed by atoms with Crippen molar-refractivity contribution in [2.75, 3.05) is 27.1 Å². The Morgan fingerprint density at radius 2 is 1.90 bits per heavy atom. The molecular weight excluding hydrogens is 408 g/mol. The molecule has 0 aromatic heterocycles. The molecule has 0 saturated heterocycles. The van der Waals surface area contributed by atoms with Crippen LogP contribution in [0.3, 0.4) is 0 Å². The van der Waals surface area contributed by atoms with Gasteiger partial charge in [0.1, 0.15) is 6.79 Å². The van der Waals surface area contributed by atoms with Gasteiger partial charge in [0, 0.05) is 24.4 Å². The molecule has 6 atom stereocenters.